The molecule has 2 heterocycles. The molecular formula is C23H25FN4O4. The first-order chi connectivity index (χ1) is 15.6. The first-order valence-corrected chi connectivity index (χ1v) is 10.6. The van der Waals surface area contributed by atoms with Crippen molar-refractivity contribution < 1.29 is 23.2 Å². The molecule has 1 N–H and O–H groups in total. The number of carbonyl (C=O) groups excluding carboxylic acids is 1. The minimum atomic E-state index is -0.313. The summed E-state index contributed by atoms with van der Waals surface area (Å²) >= 11 is 0. The van der Waals surface area contributed by atoms with Gasteiger partial charge in [-0.2, -0.15) is 4.98 Å². The number of likely N-dealkylation sites (tertiary alicyclic amines) is 1. The summed E-state index contributed by atoms with van der Waals surface area (Å²) in [5.74, 6) is 1.79. The number of nitrogens with one attached hydrogen (secondary N) is 1. The van der Waals surface area contributed by atoms with Crippen LogP contribution in [0.1, 0.15) is 37.5 Å². The maximum Gasteiger partial charge on any atom is 0.322 e. The number of carbonyl (C=O) groups is 1. The van der Waals surface area contributed by atoms with Gasteiger partial charge in [0.05, 0.1) is 18.9 Å². The normalized spacial score (nSPS) is 15.6. The van der Waals surface area contributed by atoms with Gasteiger partial charge in [0.1, 0.15) is 23.4 Å². The zero-order valence-corrected chi connectivity index (χ0v) is 17.8. The van der Waals surface area contributed by atoms with E-state index in [1.165, 1.54) is 12.1 Å². The predicted octanol–water partition coefficient (Wildman–Crippen LogP) is 4.60. The Hall–Kier alpha value is -3.62. The van der Waals surface area contributed by atoms with Gasteiger partial charge < -0.3 is 24.2 Å². The van der Waals surface area contributed by atoms with E-state index in [9.17, 15) is 9.18 Å². The minimum Gasteiger partial charge on any atom is -0.493 e. The number of anilines is 1. The maximum atomic E-state index is 13.0. The van der Waals surface area contributed by atoms with Gasteiger partial charge in [0, 0.05) is 13.0 Å². The average Bonchev–Trinajstić information content (AvgIpc) is 3.46. The highest BCUT2D eigenvalue weighted by atomic mass is 19.1. The average molecular weight is 440 g/mol. The molecule has 1 fully saturated rings. The fraction of sp³-hybridized carbons (Fsp3) is 0.348. The molecule has 1 aliphatic rings. The number of hydrogen-bond donors (Lipinski definition) is 1. The van der Waals surface area contributed by atoms with Crippen molar-refractivity contribution in [3.05, 3.63) is 66.1 Å². The summed E-state index contributed by atoms with van der Waals surface area (Å²) in [5.41, 5.74) is 0.620. The summed E-state index contributed by atoms with van der Waals surface area (Å²) in [5, 5.41) is 6.94. The number of nitrogens with zero attached hydrogens (tertiary/aromatic N) is 3. The Balaban J connectivity index is 1.35. The first-order valence-electron chi connectivity index (χ1n) is 10.6. The van der Waals surface area contributed by atoms with Crippen molar-refractivity contribution in [2.24, 2.45) is 0 Å². The molecular weight excluding hydrogens is 415 g/mol. The highest BCUT2D eigenvalue weighted by molar-refractivity contribution is 5.91. The molecule has 0 aliphatic carbocycles. The largest absolute Gasteiger partial charge is 0.493 e. The molecule has 4 rings (SSSR count). The van der Waals surface area contributed by atoms with E-state index in [1.807, 2.05) is 25.1 Å². The van der Waals surface area contributed by atoms with E-state index < -0.39 is 0 Å². The number of amides is 2. The van der Waals surface area contributed by atoms with Crippen molar-refractivity contribution in [2.45, 2.75) is 32.2 Å². The van der Waals surface area contributed by atoms with Crippen LogP contribution in [0.5, 0.6) is 11.5 Å². The second-order valence-corrected chi connectivity index (χ2v) is 7.31. The van der Waals surface area contributed by atoms with Gasteiger partial charge in [-0.3, -0.25) is 0 Å². The van der Waals surface area contributed by atoms with Crippen LogP contribution < -0.4 is 14.8 Å². The van der Waals surface area contributed by atoms with Crippen LogP contribution in [0.15, 0.2) is 53.1 Å². The van der Waals surface area contributed by atoms with Crippen LogP contribution in [0.3, 0.4) is 0 Å². The third-order valence-corrected chi connectivity index (χ3v) is 5.12. The number of benzene rings is 2. The fourth-order valence-electron chi connectivity index (χ4n) is 3.60. The molecule has 1 aliphatic heterocycles. The van der Waals surface area contributed by atoms with Gasteiger partial charge in [0.25, 0.3) is 0 Å². The van der Waals surface area contributed by atoms with E-state index in [4.69, 9.17) is 14.0 Å². The second kappa shape index (κ2) is 10.1. The molecule has 9 heteroatoms. The van der Waals surface area contributed by atoms with E-state index in [1.54, 1.807) is 23.1 Å². The molecule has 2 amide bonds. The van der Waals surface area contributed by atoms with Gasteiger partial charge in [-0.15, -0.1) is 0 Å². The highest BCUT2D eigenvalue weighted by Gasteiger charge is 2.34. The van der Waals surface area contributed by atoms with Gasteiger partial charge in [-0.25, -0.2) is 9.18 Å². The number of ether oxygens (including phenoxy) is 2. The van der Waals surface area contributed by atoms with Gasteiger partial charge in [-0.1, -0.05) is 17.3 Å². The number of para-hydroxylation sites is 2. The SMILES string of the molecule is CCOc1ccccc1NC(=O)N1CCCC1c1nc(CCOc2ccc(F)cc2)no1. The smallest absolute Gasteiger partial charge is 0.322 e. The summed E-state index contributed by atoms with van der Waals surface area (Å²) in [6.07, 6.45) is 2.02. The maximum absolute atomic E-state index is 13.0. The lowest BCUT2D eigenvalue weighted by Crippen LogP contribution is -2.34. The molecule has 3 aromatic rings. The number of rotatable bonds is 8. The topological polar surface area (TPSA) is 89.7 Å². The molecule has 168 valence electrons. The molecule has 2 aromatic carbocycles. The standard InChI is InChI=1S/C23H25FN4O4/c1-2-30-20-8-4-3-6-18(20)25-23(29)28-14-5-7-19(28)22-26-21(27-32-22)13-15-31-17-11-9-16(24)10-12-17/h3-4,6,8-12,19H,2,5,7,13-15H2,1H3,(H,25,29). The summed E-state index contributed by atoms with van der Waals surface area (Å²) in [7, 11) is 0. The Kier molecular flexibility index (Phi) is 6.84. The molecule has 32 heavy (non-hydrogen) atoms. The molecule has 1 atom stereocenters. The van der Waals surface area contributed by atoms with Crippen molar-refractivity contribution in [1.29, 1.82) is 0 Å². The predicted molar refractivity (Wildman–Crippen MR) is 115 cm³/mol. The quantitative estimate of drug-likeness (QED) is 0.551. The Morgan fingerprint density at radius 3 is 2.84 bits per heavy atom. The Morgan fingerprint density at radius 1 is 1.22 bits per heavy atom. The Labute approximate surface area is 185 Å². The van der Waals surface area contributed by atoms with Gasteiger partial charge in [0.2, 0.25) is 5.89 Å². The van der Waals surface area contributed by atoms with Crippen LogP contribution in [-0.4, -0.2) is 40.8 Å². The van der Waals surface area contributed by atoms with Crippen molar-refractivity contribution in [1.82, 2.24) is 15.0 Å². The number of hydrogen-bond acceptors (Lipinski definition) is 6. The first kappa shape index (κ1) is 21.6. The third kappa shape index (κ3) is 5.16. The summed E-state index contributed by atoms with van der Waals surface area (Å²) in [6.45, 7) is 3.33. The lowest BCUT2D eigenvalue weighted by molar-refractivity contribution is 0.193. The van der Waals surface area contributed by atoms with Crippen LogP contribution in [0.4, 0.5) is 14.9 Å². The lowest BCUT2D eigenvalue weighted by atomic mass is 10.2. The van der Waals surface area contributed by atoms with E-state index in [2.05, 4.69) is 15.5 Å². The molecule has 0 bridgehead atoms. The molecule has 0 radical (unpaired) electrons. The molecule has 8 nitrogen and oxygen atoms in total. The molecule has 1 saturated heterocycles. The van der Waals surface area contributed by atoms with Gasteiger partial charge in [0.15, 0.2) is 5.82 Å². The van der Waals surface area contributed by atoms with Crippen molar-refractivity contribution in [2.75, 3.05) is 25.1 Å². The highest BCUT2D eigenvalue weighted by Crippen LogP contribution is 2.32. The van der Waals surface area contributed by atoms with Crippen LogP contribution >= 0.6 is 0 Å². The van der Waals surface area contributed by atoms with Crippen LogP contribution in [0, 0.1) is 5.82 Å². The third-order valence-electron chi connectivity index (χ3n) is 5.12. The van der Waals surface area contributed by atoms with Crippen LogP contribution in [0.25, 0.3) is 0 Å². The van der Waals surface area contributed by atoms with E-state index in [0.29, 0.717) is 55.1 Å². The van der Waals surface area contributed by atoms with Gasteiger partial charge in [-0.05, 0) is 56.2 Å². The van der Waals surface area contributed by atoms with Crippen molar-refractivity contribution >= 4 is 11.7 Å². The summed E-state index contributed by atoms with van der Waals surface area (Å²) < 4.78 is 29.6. The second-order valence-electron chi connectivity index (χ2n) is 7.31. The summed E-state index contributed by atoms with van der Waals surface area (Å²) in [4.78, 5) is 19.1. The number of urea groups is 1. The zero-order valence-electron chi connectivity index (χ0n) is 17.8. The van der Waals surface area contributed by atoms with E-state index in [-0.39, 0.29) is 17.9 Å². The van der Waals surface area contributed by atoms with E-state index >= 15 is 0 Å². The Bertz CT molecular complexity index is 1040. The number of aromatic nitrogens is 2. The van der Waals surface area contributed by atoms with E-state index in [0.717, 1.165) is 12.8 Å². The zero-order chi connectivity index (χ0) is 22.3. The lowest BCUT2D eigenvalue weighted by Gasteiger charge is -2.23. The van der Waals surface area contributed by atoms with Crippen molar-refractivity contribution in [3.63, 3.8) is 0 Å². The fourth-order valence-corrected chi connectivity index (χ4v) is 3.60. The van der Waals surface area contributed by atoms with Gasteiger partial charge >= 0.3 is 6.03 Å². The van der Waals surface area contributed by atoms with Crippen LogP contribution in [0.2, 0.25) is 0 Å². The molecule has 1 unspecified atom stereocenters. The molecule has 0 saturated carbocycles. The molecule has 0 spiro atoms. The van der Waals surface area contributed by atoms with Crippen molar-refractivity contribution in [3.8, 4) is 11.5 Å². The monoisotopic (exact) mass is 440 g/mol. The molecule has 1 aromatic heterocycles. The number of halogens is 1. The van der Waals surface area contributed by atoms with Crippen LogP contribution in [-0.2, 0) is 6.42 Å². The minimum absolute atomic E-state index is 0.237. The Morgan fingerprint density at radius 2 is 2.03 bits per heavy atom. The summed E-state index contributed by atoms with van der Waals surface area (Å²) in [6, 6.07) is 12.6.